The molecule has 2 nitrogen and oxygen atoms in total. The molecule has 0 radical (unpaired) electrons. The number of aliphatic imine (C=N–C) groups is 1. The van der Waals surface area contributed by atoms with Gasteiger partial charge < -0.3 is 5.11 Å². The molecule has 1 N–H and O–H groups in total. The molecule has 1 aromatic carbocycles. The maximum Gasteiger partial charge on any atom is 0.196 e. The molecule has 3 rings (SSSR count). The molecule has 1 heterocycles. The van der Waals surface area contributed by atoms with Crippen LogP contribution in [0.5, 0.6) is 0 Å². The lowest BCUT2D eigenvalue weighted by atomic mass is 10.1. The number of hydrogen-bond donors (Lipinski definition) is 1. The molecule has 2 aliphatic rings. The van der Waals surface area contributed by atoms with Gasteiger partial charge in [0.1, 0.15) is 0 Å². The zero-order valence-electron chi connectivity index (χ0n) is 8.20. The minimum Gasteiger partial charge on any atom is -0.365 e. The summed E-state index contributed by atoms with van der Waals surface area (Å²) in [4.78, 5) is 4.35. The van der Waals surface area contributed by atoms with Gasteiger partial charge in [0.05, 0.1) is 10.3 Å². The van der Waals surface area contributed by atoms with E-state index in [0.717, 1.165) is 27.6 Å². The Morgan fingerprint density at radius 1 is 1.60 bits per heavy atom. The highest BCUT2D eigenvalue weighted by Crippen LogP contribution is 2.49. The first-order valence-electron chi connectivity index (χ1n) is 4.84. The summed E-state index contributed by atoms with van der Waals surface area (Å²) in [5.74, 6) is 0. The highest BCUT2D eigenvalue weighted by atomic mass is 35.5. The minimum absolute atomic E-state index is 0.131. The van der Waals surface area contributed by atoms with Crippen LogP contribution in [-0.2, 0) is 12.1 Å². The van der Waals surface area contributed by atoms with E-state index in [1.807, 2.05) is 25.1 Å². The van der Waals surface area contributed by atoms with E-state index in [4.69, 9.17) is 11.6 Å². The zero-order chi connectivity index (χ0) is 10.6. The number of halogens is 1. The SMILES string of the molecule is CC1=NC2(O)c3ccc(Cl)cc3CC2S1. The highest BCUT2D eigenvalue weighted by Gasteiger charge is 2.49. The summed E-state index contributed by atoms with van der Waals surface area (Å²) in [6.07, 6.45) is 0.845. The maximum absolute atomic E-state index is 10.5. The van der Waals surface area contributed by atoms with Gasteiger partial charge in [-0.25, -0.2) is 4.99 Å². The summed E-state index contributed by atoms with van der Waals surface area (Å²) >= 11 is 7.58. The van der Waals surface area contributed by atoms with Crippen molar-refractivity contribution in [2.75, 3.05) is 0 Å². The van der Waals surface area contributed by atoms with Crippen molar-refractivity contribution < 1.29 is 5.11 Å². The molecule has 78 valence electrons. The van der Waals surface area contributed by atoms with Crippen molar-refractivity contribution >= 4 is 28.4 Å². The molecule has 0 saturated heterocycles. The van der Waals surface area contributed by atoms with Crippen LogP contribution in [0.4, 0.5) is 0 Å². The predicted molar refractivity (Wildman–Crippen MR) is 63.5 cm³/mol. The van der Waals surface area contributed by atoms with Crippen LogP contribution in [0.2, 0.25) is 5.02 Å². The second-order valence-corrected chi connectivity index (χ2v) is 5.80. The summed E-state index contributed by atoms with van der Waals surface area (Å²) in [5, 5.41) is 12.3. The molecule has 0 amide bonds. The Morgan fingerprint density at radius 3 is 3.20 bits per heavy atom. The summed E-state index contributed by atoms with van der Waals surface area (Å²) in [5.41, 5.74) is 1.04. The number of aliphatic hydroxyl groups is 1. The first-order chi connectivity index (χ1) is 7.09. The third-order valence-corrected chi connectivity index (χ3v) is 4.41. The van der Waals surface area contributed by atoms with Gasteiger partial charge >= 0.3 is 0 Å². The lowest BCUT2D eigenvalue weighted by molar-refractivity contribution is 0.0580. The van der Waals surface area contributed by atoms with Gasteiger partial charge in [0.15, 0.2) is 5.72 Å². The third-order valence-electron chi connectivity index (χ3n) is 2.96. The van der Waals surface area contributed by atoms with E-state index >= 15 is 0 Å². The van der Waals surface area contributed by atoms with E-state index in [0.29, 0.717) is 0 Å². The van der Waals surface area contributed by atoms with E-state index in [9.17, 15) is 5.11 Å². The number of benzene rings is 1. The molecule has 4 heteroatoms. The fraction of sp³-hybridized carbons (Fsp3) is 0.364. The monoisotopic (exact) mass is 239 g/mol. The first-order valence-corrected chi connectivity index (χ1v) is 6.10. The van der Waals surface area contributed by atoms with E-state index in [1.54, 1.807) is 11.8 Å². The number of rotatable bonds is 0. The predicted octanol–water partition coefficient (Wildman–Crippen LogP) is 2.58. The number of hydrogen-bond acceptors (Lipinski definition) is 3. The Balaban J connectivity index is 2.17. The summed E-state index contributed by atoms with van der Waals surface area (Å²) in [7, 11) is 0. The Hall–Kier alpha value is -0.510. The average Bonchev–Trinajstić information content (AvgIpc) is 2.53. The van der Waals surface area contributed by atoms with Gasteiger partial charge in [-0.3, -0.25) is 0 Å². The molecule has 0 bridgehead atoms. The molecule has 0 fully saturated rings. The van der Waals surface area contributed by atoms with Gasteiger partial charge in [0.2, 0.25) is 0 Å². The topological polar surface area (TPSA) is 32.6 Å². The van der Waals surface area contributed by atoms with Crippen LogP contribution >= 0.6 is 23.4 Å². The molecule has 1 aromatic rings. The Bertz CT molecular complexity index is 474. The standard InChI is InChI=1S/C11H10ClNOS/c1-6-13-11(14)9-3-2-8(12)4-7(9)5-10(11)15-6/h2-4,10,14H,5H2,1H3. The van der Waals surface area contributed by atoms with Crippen molar-refractivity contribution in [2.45, 2.75) is 24.3 Å². The van der Waals surface area contributed by atoms with Gasteiger partial charge in [-0.2, -0.15) is 0 Å². The molecule has 0 aromatic heterocycles. The van der Waals surface area contributed by atoms with E-state index < -0.39 is 5.72 Å². The first kappa shape index (κ1) is 9.70. The average molecular weight is 240 g/mol. The minimum atomic E-state index is -1.01. The molecule has 0 saturated carbocycles. The highest BCUT2D eigenvalue weighted by molar-refractivity contribution is 8.14. The van der Waals surface area contributed by atoms with Gasteiger partial charge in [0.25, 0.3) is 0 Å². The number of thioether (sulfide) groups is 1. The molecular formula is C11H10ClNOS. The van der Waals surface area contributed by atoms with Crippen molar-refractivity contribution in [2.24, 2.45) is 4.99 Å². The molecular weight excluding hydrogens is 230 g/mol. The Morgan fingerprint density at radius 2 is 2.40 bits per heavy atom. The van der Waals surface area contributed by atoms with Gasteiger partial charge in [0, 0.05) is 10.6 Å². The molecule has 1 aliphatic carbocycles. The maximum atomic E-state index is 10.5. The lowest BCUT2D eigenvalue weighted by Crippen LogP contribution is -2.27. The Kier molecular flexibility index (Phi) is 1.94. The molecule has 15 heavy (non-hydrogen) atoms. The van der Waals surface area contributed by atoms with Gasteiger partial charge in [-0.05, 0) is 31.0 Å². The molecule has 2 unspecified atom stereocenters. The van der Waals surface area contributed by atoms with Crippen LogP contribution in [0.25, 0.3) is 0 Å². The zero-order valence-corrected chi connectivity index (χ0v) is 9.77. The largest absolute Gasteiger partial charge is 0.365 e. The molecule has 2 atom stereocenters. The van der Waals surface area contributed by atoms with Crippen LogP contribution in [0.15, 0.2) is 23.2 Å². The normalized spacial score (nSPS) is 32.5. The quantitative estimate of drug-likeness (QED) is 0.755. The van der Waals surface area contributed by atoms with Crippen LogP contribution in [0.3, 0.4) is 0 Å². The van der Waals surface area contributed by atoms with Gasteiger partial charge in [-0.15, -0.1) is 11.8 Å². The summed E-state index contributed by atoms with van der Waals surface area (Å²) in [6.45, 7) is 1.94. The van der Waals surface area contributed by atoms with Crippen LogP contribution < -0.4 is 0 Å². The van der Waals surface area contributed by atoms with Crippen molar-refractivity contribution in [3.8, 4) is 0 Å². The molecule has 0 spiro atoms. The Labute approximate surface area is 97.4 Å². The number of nitrogens with zero attached hydrogens (tertiary/aromatic N) is 1. The fourth-order valence-corrected chi connectivity index (χ4v) is 3.74. The van der Waals surface area contributed by atoms with Gasteiger partial charge in [-0.1, -0.05) is 17.7 Å². The number of fused-ring (bicyclic) bond motifs is 3. The second-order valence-electron chi connectivity index (χ2n) is 3.97. The van der Waals surface area contributed by atoms with Crippen LogP contribution in [0.1, 0.15) is 18.1 Å². The van der Waals surface area contributed by atoms with Crippen molar-refractivity contribution in [3.05, 3.63) is 34.3 Å². The second kappa shape index (κ2) is 3.00. The van der Waals surface area contributed by atoms with Crippen molar-refractivity contribution in [3.63, 3.8) is 0 Å². The van der Waals surface area contributed by atoms with Crippen molar-refractivity contribution in [1.82, 2.24) is 0 Å². The molecule has 1 aliphatic heterocycles. The fourth-order valence-electron chi connectivity index (χ4n) is 2.33. The summed E-state index contributed by atoms with van der Waals surface area (Å²) in [6, 6.07) is 5.63. The smallest absolute Gasteiger partial charge is 0.196 e. The van der Waals surface area contributed by atoms with E-state index in [-0.39, 0.29) is 5.25 Å². The van der Waals surface area contributed by atoms with Crippen LogP contribution in [0, 0.1) is 0 Å². The lowest BCUT2D eigenvalue weighted by Gasteiger charge is -2.19. The van der Waals surface area contributed by atoms with Crippen LogP contribution in [-0.4, -0.2) is 15.4 Å². The van der Waals surface area contributed by atoms with E-state index in [1.165, 1.54) is 0 Å². The third kappa shape index (κ3) is 1.27. The van der Waals surface area contributed by atoms with Crippen molar-refractivity contribution in [1.29, 1.82) is 0 Å². The van der Waals surface area contributed by atoms with E-state index in [2.05, 4.69) is 4.99 Å². The summed E-state index contributed by atoms with van der Waals surface area (Å²) < 4.78 is 0.